The molecule has 0 fully saturated rings. The van der Waals surface area contributed by atoms with Crippen LogP contribution in [-0.4, -0.2) is 32.5 Å². The highest BCUT2D eigenvalue weighted by molar-refractivity contribution is 4.86. The normalized spacial score (nSPS) is 13.0. The maximum Gasteiger partial charge on any atom is 0.140 e. The van der Waals surface area contributed by atoms with E-state index < -0.39 is 0 Å². The zero-order chi connectivity index (χ0) is 13.8. The average molecular weight is 254 g/mol. The molecular weight excluding hydrogens is 228 g/mol. The first kappa shape index (κ1) is 15.1. The fraction of sp³-hybridized carbons (Fsp3) is 0.846. The summed E-state index contributed by atoms with van der Waals surface area (Å²) in [5.41, 5.74) is -0.0247. The van der Waals surface area contributed by atoms with E-state index in [0.29, 0.717) is 6.61 Å². The van der Waals surface area contributed by atoms with Crippen molar-refractivity contribution in [3.05, 3.63) is 12.2 Å². The Labute approximate surface area is 110 Å². The van der Waals surface area contributed by atoms with E-state index in [-0.39, 0.29) is 11.1 Å². The van der Waals surface area contributed by atoms with E-state index in [2.05, 4.69) is 56.9 Å². The van der Waals surface area contributed by atoms with Gasteiger partial charge in [0.25, 0.3) is 0 Å². The minimum Gasteiger partial charge on any atom is -0.374 e. The molecule has 0 aliphatic heterocycles. The molecule has 0 aromatic carbocycles. The molecule has 0 bridgehead atoms. The number of rotatable bonds is 5. The third-order valence-corrected chi connectivity index (χ3v) is 2.31. The van der Waals surface area contributed by atoms with Crippen LogP contribution >= 0.6 is 0 Å². The predicted molar refractivity (Wildman–Crippen MR) is 72.3 cm³/mol. The second-order valence-electron chi connectivity index (χ2n) is 6.46. The number of nitrogens with zero attached hydrogens (tertiary/aromatic N) is 3. The maximum absolute atomic E-state index is 5.69. The van der Waals surface area contributed by atoms with Crippen LogP contribution in [0.5, 0.6) is 0 Å². The van der Waals surface area contributed by atoms with Crippen molar-refractivity contribution in [1.29, 1.82) is 0 Å². The summed E-state index contributed by atoms with van der Waals surface area (Å²) in [5, 5.41) is 7.63. The van der Waals surface area contributed by atoms with Gasteiger partial charge in [-0.05, 0) is 41.5 Å². The molecule has 0 amide bonds. The van der Waals surface area contributed by atoms with Gasteiger partial charge in [0.2, 0.25) is 0 Å². The third kappa shape index (κ3) is 6.12. The third-order valence-electron chi connectivity index (χ3n) is 2.31. The van der Waals surface area contributed by atoms with Gasteiger partial charge in [-0.1, -0.05) is 0 Å². The number of hydrogen-bond acceptors (Lipinski definition) is 4. The maximum atomic E-state index is 5.69. The Balaban J connectivity index is 2.45. The molecule has 1 rings (SSSR count). The van der Waals surface area contributed by atoms with Crippen LogP contribution in [-0.2, 0) is 17.8 Å². The molecule has 0 aliphatic carbocycles. The molecule has 104 valence electrons. The molecule has 1 aromatic rings. The van der Waals surface area contributed by atoms with Crippen LogP contribution in [0.3, 0.4) is 0 Å². The van der Waals surface area contributed by atoms with Crippen molar-refractivity contribution in [3.8, 4) is 0 Å². The van der Waals surface area contributed by atoms with Gasteiger partial charge in [-0.3, -0.25) is 0 Å². The van der Waals surface area contributed by atoms with Gasteiger partial charge < -0.3 is 10.1 Å². The van der Waals surface area contributed by atoms with Crippen molar-refractivity contribution < 1.29 is 4.74 Å². The van der Waals surface area contributed by atoms with Crippen LogP contribution < -0.4 is 5.32 Å². The minimum absolute atomic E-state index is 0.0820. The quantitative estimate of drug-likeness (QED) is 0.873. The molecule has 0 saturated carbocycles. The second kappa shape index (κ2) is 5.80. The van der Waals surface area contributed by atoms with Crippen molar-refractivity contribution in [2.24, 2.45) is 0 Å². The van der Waals surface area contributed by atoms with Crippen LogP contribution in [0.25, 0.3) is 0 Å². The summed E-state index contributed by atoms with van der Waals surface area (Å²) in [6.07, 6.45) is 1.59. The SMILES string of the molecule is CC(C)(C)NCc1ncnn1CCOC(C)(C)C. The van der Waals surface area contributed by atoms with Crippen molar-refractivity contribution in [2.75, 3.05) is 6.61 Å². The molecule has 1 heterocycles. The predicted octanol–water partition coefficient (Wildman–Crippen LogP) is 1.98. The first-order chi connectivity index (χ1) is 8.17. The minimum atomic E-state index is -0.107. The number of ether oxygens (including phenoxy) is 1. The van der Waals surface area contributed by atoms with Crippen LogP contribution in [0.2, 0.25) is 0 Å². The number of hydrogen-bond donors (Lipinski definition) is 1. The smallest absolute Gasteiger partial charge is 0.140 e. The van der Waals surface area contributed by atoms with Gasteiger partial charge in [0.1, 0.15) is 12.2 Å². The molecule has 0 unspecified atom stereocenters. The Bertz CT molecular complexity index is 360. The lowest BCUT2D eigenvalue weighted by atomic mass is 10.1. The summed E-state index contributed by atoms with van der Waals surface area (Å²) >= 11 is 0. The Morgan fingerprint density at radius 2 is 1.89 bits per heavy atom. The van der Waals surface area contributed by atoms with Crippen LogP contribution in [0.4, 0.5) is 0 Å². The monoisotopic (exact) mass is 254 g/mol. The molecule has 0 radical (unpaired) electrons. The van der Waals surface area contributed by atoms with E-state index in [1.807, 2.05) is 4.68 Å². The highest BCUT2D eigenvalue weighted by Crippen LogP contribution is 2.07. The molecule has 0 aliphatic rings. The van der Waals surface area contributed by atoms with Crippen molar-refractivity contribution in [1.82, 2.24) is 20.1 Å². The first-order valence-corrected chi connectivity index (χ1v) is 6.43. The van der Waals surface area contributed by atoms with Gasteiger partial charge in [0.15, 0.2) is 0 Å². The van der Waals surface area contributed by atoms with Crippen LogP contribution in [0.15, 0.2) is 6.33 Å². The van der Waals surface area contributed by atoms with Gasteiger partial charge in [-0.2, -0.15) is 5.10 Å². The standard InChI is InChI=1S/C13H26N4O/c1-12(2,3)15-9-11-14-10-16-17(11)7-8-18-13(4,5)6/h10,15H,7-9H2,1-6H3. The fourth-order valence-corrected chi connectivity index (χ4v) is 1.39. The van der Waals surface area contributed by atoms with E-state index in [1.54, 1.807) is 6.33 Å². The largest absolute Gasteiger partial charge is 0.374 e. The lowest BCUT2D eigenvalue weighted by Crippen LogP contribution is -2.36. The summed E-state index contributed by atoms with van der Waals surface area (Å²) in [4.78, 5) is 4.27. The van der Waals surface area contributed by atoms with E-state index >= 15 is 0 Å². The Kier molecular flexibility index (Phi) is 4.87. The molecule has 0 saturated heterocycles. The van der Waals surface area contributed by atoms with Gasteiger partial charge in [0, 0.05) is 5.54 Å². The molecule has 1 N–H and O–H groups in total. The van der Waals surface area contributed by atoms with Crippen LogP contribution in [0.1, 0.15) is 47.4 Å². The Hall–Kier alpha value is -0.940. The fourth-order valence-electron chi connectivity index (χ4n) is 1.39. The van der Waals surface area contributed by atoms with Gasteiger partial charge in [-0.15, -0.1) is 0 Å². The average Bonchev–Trinajstić information content (AvgIpc) is 2.59. The zero-order valence-electron chi connectivity index (χ0n) is 12.4. The molecule has 0 atom stereocenters. The van der Waals surface area contributed by atoms with E-state index in [0.717, 1.165) is 18.9 Å². The Morgan fingerprint density at radius 1 is 1.22 bits per heavy atom. The Morgan fingerprint density at radius 3 is 2.44 bits per heavy atom. The highest BCUT2D eigenvalue weighted by atomic mass is 16.5. The van der Waals surface area contributed by atoms with E-state index in [1.165, 1.54) is 0 Å². The molecule has 0 spiro atoms. The van der Waals surface area contributed by atoms with Crippen molar-refractivity contribution in [2.45, 2.75) is 65.8 Å². The lowest BCUT2D eigenvalue weighted by molar-refractivity contribution is -0.00824. The summed E-state index contributed by atoms with van der Waals surface area (Å²) in [7, 11) is 0. The molecule has 5 nitrogen and oxygen atoms in total. The number of aromatic nitrogens is 3. The topological polar surface area (TPSA) is 52.0 Å². The van der Waals surface area contributed by atoms with Gasteiger partial charge >= 0.3 is 0 Å². The molecular formula is C13H26N4O. The summed E-state index contributed by atoms with van der Waals surface area (Å²) in [6.45, 7) is 14.7. The molecule has 5 heteroatoms. The van der Waals surface area contributed by atoms with Gasteiger partial charge in [0.05, 0.1) is 25.3 Å². The second-order valence-corrected chi connectivity index (χ2v) is 6.46. The van der Waals surface area contributed by atoms with E-state index in [9.17, 15) is 0 Å². The summed E-state index contributed by atoms with van der Waals surface area (Å²) in [6, 6.07) is 0. The zero-order valence-corrected chi connectivity index (χ0v) is 12.4. The summed E-state index contributed by atoms with van der Waals surface area (Å²) in [5.74, 6) is 0.947. The first-order valence-electron chi connectivity index (χ1n) is 6.43. The molecule has 1 aromatic heterocycles. The van der Waals surface area contributed by atoms with Crippen molar-refractivity contribution in [3.63, 3.8) is 0 Å². The highest BCUT2D eigenvalue weighted by Gasteiger charge is 2.13. The summed E-state index contributed by atoms with van der Waals surface area (Å²) < 4.78 is 7.59. The van der Waals surface area contributed by atoms with Crippen LogP contribution in [0, 0.1) is 0 Å². The van der Waals surface area contributed by atoms with Crippen molar-refractivity contribution >= 4 is 0 Å². The number of nitrogens with one attached hydrogen (secondary N) is 1. The lowest BCUT2D eigenvalue weighted by Gasteiger charge is -2.21. The van der Waals surface area contributed by atoms with Gasteiger partial charge in [-0.25, -0.2) is 9.67 Å². The molecule has 18 heavy (non-hydrogen) atoms. The van der Waals surface area contributed by atoms with E-state index in [4.69, 9.17) is 4.74 Å².